The van der Waals surface area contributed by atoms with Gasteiger partial charge in [0.15, 0.2) is 0 Å². The Morgan fingerprint density at radius 1 is 1.50 bits per heavy atom. The van der Waals surface area contributed by atoms with E-state index < -0.39 is 6.10 Å². The Balaban J connectivity index is 2.32. The lowest BCUT2D eigenvalue weighted by molar-refractivity contribution is 0.0794. The second kappa shape index (κ2) is 7.02. The topological polar surface area (TPSA) is 74.5 Å². The molecular weight excluding hydrogens is 256 g/mol. The third kappa shape index (κ3) is 3.29. The first-order chi connectivity index (χ1) is 9.67. The molecule has 2 atom stereocenters. The zero-order chi connectivity index (χ0) is 14.5. The van der Waals surface area contributed by atoms with E-state index in [1.165, 1.54) is 0 Å². The Kier molecular flexibility index (Phi) is 5.34. The first kappa shape index (κ1) is 15.2. The molecule has 3 N–H and O–H groups in total. The molecule has 0 bridgehead atoms. The normalized spacial score (nSPS) is 19.6. The Hall–Kier alpha value is -1.17. The summed E-state index contributed by atoms with van der Waals surface area (Å²) in [7, 11) is 0. The van der Waals surface area contributed by atoms with Crippen molar-refractivity contribution in [2.45, 2.75) is 51.3 Å². The standard InChI is InChI=1S/C15H24N2O3/c1-2-8-16-13-4-3-5-14-12(13)6-7-15(20)17(14)9-11(19)10-18/h6-7,11,13,16,18-19H,2-5,8-10H2,1H3. The average molecular weight is 280 g/mol. The van der Waals surface area contributed by atoms with Crippen molar-refractivity contribution in [2.24, 2.45) is 0 Å². The molecule has 112 valence electrons. The van der Waals surface area contributed by atoms with Crippen molar-refractivity contribution in [3.05, 3.63) is 33.7 Å². The molecule has 2 unspecified atom stereocenters. The number of aliphatic hydroxyl groups is 2. The molecule has 0 fully saturated rings. The second-order valence-electron chi connectivity index (χ2n) is 5.42. The van der Waals surface area contributed by atoms with E-state index in [1.807, 2.05) is 6.07 Å². The minimum absolute atomic E-state index is 0.104. The van der Waals surface area contributed by atoms with Crippen LogP contribution in [0.5, 0.6) is 0 Å². The van der Waals surface area contributed by atoms with Crippen molar-refractivity contribution >= 4 is 0 Å². The Labute approximate surface area is 119 Å². The van der Waals surface area contributed by atoms with Gasteiger partial charge < -0.3 is 20.1 Å². The average Bonchev–Trinajstić information content (AvgIpc) is 2.47. The molecule has 5 heteroatoms. The van der Waals surface area contributed by atoms with Crippen LogP contribution in [0.1, 0.15) is 43.5 Å². The number of fused-ring (bicyclic) bond motifs is 1. The molecule has 0 spiro atoms. The summed E-state index contributed by atoms with van der Waals surface area (Å²) < 4.78 is 1.62. The number of aliphatic hydroxyl groups excluding tert-OH is 2. The lowest BCUT2D eigenvalue weighted by Gasteiger charge is -2.29. The fraction of sp³-hybridized carbons (Fsp3) is 0.667. The Bertz CT molecular complexity index is 498. The summed E-state index contributed by atoms with van der Waals surface area (Å²) in [6, 6.07) is 3.76. The van der Waals surface area contributed by atoms with Crippen LogP contribution in [0.15, 0.2) is 16.9 Å². The van der Waals surface area contributed by atoms with Crippen LogP contribution >= 0.6 is 0 Å². The molecule has 5 nitrogen and oxygen atoms in total. The van der Waals surface area contributed by atoms with Crippen molar-refractivity contribution in [1.29, 1.82) is 0 Å². The third-order valence-electron chi connectivity index (χ3n) is 3.86. The maximum absolute atomic E-state index is 12.0. The van der Waals surface area contributed by atoms with Gasteiger partial charge in [0.2, 0.25) is 0 Å². The number of rotatable bonds is 6. The Morgan fingerprint density at radius 2 is 2.30 bits per heavy atom. The molecule has 1 aromatic rings. The summed E-state index contributed by atoms with van der Waals surface area (Å²) in [6.07, 6.45) is 3.16. The predicted octanol–water partition coefficient (Wildman–Crippen LogP) is 0.578. The highest BCUT2D eigenvalue weighted by atomic mass is 16.3. The van der Waals surface area contributed by atoms with Gasteiger partial charge in [0.05, 0.1) is 19.3 Å². The van der Waals surface area contributed by atoms with E-state index in [9.17, 15) is 9.90 Å². The molecule has 1 aliphatic carbocycles. The fourth-order valence-corrected chi connectivity index (χ4v) is 2.86. The van der Waals surface area contributed by atoms with E-state index in [0.717, 1.165) is 43.5 Å². The summed E-state index contributed by atoms with van der Waals surface area (Å²) in [5.74, 6) is 0. The summed E-state index contributed by atoms with van der Waals surface area (Å²) in [6.45, 7) is 2.93. The predicted molar refractivity (Wildman–Crippen MR) is 77.8 cm³/mol. The van der Waals surface area contributed by atoms with Crippen molar-refractivity contribution in [1.82, 2.24) is 9.88 Å². The zero-order valence-electron chi connectivity index (χ0n) is 12.0. The van der Waals surface area contributed by atoms with Crippen molar-refractivity contribution in [3.8, 4) is 0 Å². The first-order valence-corrected chi connectivity index (χ1v) is 7.42. The van der Waals surface area contributed by atoms with E-state index in [4.69, 9.17) is 5.11 Å². The Morgan fingerprint density at radius 3 is 3.00 bits per heavy atom. The molecule has 1 heterocycles. The van der Waals surface area contributed by atoms with Crippen LogP contribution in [-0.2, 0) is 13.0 Å². The quantitative estimate of drug-likeness (QED) is 0.712. The molecular formula is C15H24N2O3. The summed E-state index contributed by atoms with van der Waals surface area (Å²) >= 11 is 0. The smallest absolute Gasteiger partial charge is 0.250 e. The summed E-state index contributed by atoms with van der Waals surface area (Å²) in [5.41, 5.74) is 2.06. The molecule has 0 saturated carbocycles. The van der Waals surface area contributed by atoms with E-state index in [2.05, 4.69) is 12.2 Å². The van der Waals surface area contributed by atoms with Gasteiger partial charge in [0, 0.05) is 17.8 Å². The molecule has 1 aliphatic rings. The third-order valence-corrected chi connectivity index (χ3v) is 3.86. The van der Waals surface area contributed by atoms with E-state index in [1.54, 1.807) is 10.6 Å². The van der Waals surface area contributed by atoms with Crippen LogP contribution in [0.25, 0.3) is 0 Å². The lowest BCUT2D eigenvalue weighted by atomic mass is 9.90. The van der Waals surface area contributed by atoms with Crippen molar-refractivity contribution in [2.75, 3.05) is 13.2 Å². The first-order valence-electron chi connectivity index (χ1n) is 7.42. The molecule has 0 amide bonds. The van der Waals surface area contributed by atoms with Gasteiger partial charge in [0.25, 0.3) is 5.56 Å². The van der Waals surface area contributed by atoms with Crippen LogP contribution in [0.4, 0.5) is 0 Å². The highest BCUT2D eigenvalue weighted by Gasteiger charge is 2.23. The minimum Gasteiger partial charge on any atom is -0.394 e. The number of pyridine rings is 1. The van der Waals surface area contributed by atoms with Crippen LogP contribution in [-0.4, -0.2) is 34.0 Å². The number of nitrogens with zero attached hydrogens (tertiary/aromatic N) is 1. The number of aromatic nitrogens is 1. The van der Waals surface area contributed by atoms with E-state index in [0.29, 0.717) is 0 Å². The van der Waals surface area contributed by atoms with Crippen molar-refractivity contribution in [3.63, 3.8) is 0 Å². The van der Waals surface area contributed by atoms with Gasteiger partial charge in [-0.2, -0.15) is 0 Å². The van der Waals surface area contributed by atoms with Gasteiger partial charge in [-0.1, -0.05) is 13.0 Å². The van der Waals surface area contributed by atoms with Crippen LogP contribution in [0, 0.1) is 0 Å². The largest absolute Gasteiger partial charge is 0.394 e. The van der Waals surface area contributed by atoms with Gasteiger partial charge >= 0.3 is 0 Å². The zero-order valence-corrected chi connectivity index (χ0v) is 12.0. The monoisotopic (exact) mass is 280 g/mol. The molecule has 20 heavy (non-hydrogen) atoms. The van der Waals surface area contributed by atoms with Crippen LogP contribution in [0.2, 0.25) is 0 Å². The number of nitrogens with one attached hydrogen (secondary N) is 1. The van der Waals surface area contributed by atoms with Gasteiger partial charge in [-0.05, 0) is 37.8 Å². The second-order valence-corrected chi connectivity index (χ2v) is 5.42. The number of hydrogen-bond donors (Lipinski definition) is 3. The highest BCUT2D eigenvalue weighted by molar-refractivity contribution is 5.27. The molecule has 0 saturated heterocycles. The summed E-state index contributed by atoms with van der Waals surface area (Å²) in [5, 5.41) is 22.1. The SMILES string of the molecule is CCCNC1CCCc2c1ccc(=O)n2CC(O)CO. The summed E-state index contributed by atoms with van der Waals surface area (Å²) in [4.78, 5) is 12.0. The van der Waals surface area contributed by atoms with Crippen LogP contribution < -0.4 is 10.9 Å². The lowest BCUT2D eigenvalue weighted by Crippen LogP contribution is -2.35. The molecule has 1 aromatic heterocycles. The number of hydrogen-bond acceptors (Lipinski definition) is 4. The molecule has 0 aliphatic heterocycles. The molecule has 2 rings (SSSR count). The van der Waals surface area contributed by atoms with Crippen molar-refractivity contribution < 1.29 is 10.2 Å². The minimum atomic E-state index is -0.886. The van der Waals surface area contributed by atoms with E-state index >= 15 is 0 Å². The molecule has 0 aromatic carbocycles. The van der Waals surface area contributed by atoms with Gasteiger partial charge in [0.1, 0.15) is 0 Å². The maximum Gasteiger partial charge on any atom is 0.250 e. The maximum atomic E-state index is 12.0. The van der Waals surface area contributed by atoms with E-state index in [-0.39, 0.29) is 24.8 Å². The fourth-order valence-electron chi connectivity index (χ4n) is 2.86. The van der Waals surface area contributed by atoms with Crippen LogP contribution in [0.3, 0.4) is 0 Å². The van der Waals surface area contributed by atoms with Gasteiger partial charge in [-0.3, -0.25) is 4.79 Å². The highest BCUT2D eigenvalue weighted by Crippen LogP contribution is 2.28. The molecule has 0 radical (unpaired) electrons. The van der Waals surface area contributed by atoms with Gasteiger partial charge in [-0.25, -0.2) is 0 Å². The van der Waals surface area contributed by atoms with Gasteiger partial charge in [-0.15, -0.1) is 0 Å².